The zero-order chi connectivity index (χ0) is 25.3. The zero-order valence-electron chi connectivity index (χ0n) is 19.1. The lowest BCUT2D eigenvalue weighted by Gasteiger charge is -2.13. The Balaban J connectivity index is 1.44. The van der Waals surface area contributed by atoms with Crippen molar-refractivity contribution in [3.8, 4) is 17.5 Å². The second-order valence-electron chi connectivity index (χ2n) is 8.31. The fourth-order valence-corrected chi connectivity index (χ4v) is 3.87. The fraction of sp³-hybridized carbons (Fsp3) is 0.107. The van der Waals surface area contributed by atoms with Crippen LogP contribution in [0.1, 0.15) is 38.3 Å². The standard InChI is InChI=1S/C28H19F3N4O/c1-19-5-6-22(15-21(19)7-8-24-17-33-27-4-2-3-10-35(24)27)26(36)14-20-12-23(28(29,30)31)16-25(13-20)34-11-9-32-18-34/h2-6,9-13,15-18H,14H2,1H3. The van der Waals surface area contributed by atoms with E-state index in [-0.39, 0.29) is 23.5 Å². The van der Waals surface area contributed by atoms with Crippen molar-refractivity contribution < 1.29 is 18.0 Å². The first kappa shape index (κ1) is 23.1. The van der Waals surface area contributed by atoms with Crippen LogP contribution in [0.2, 0.25) is 0 Å². The molecule has 0 atom stereocenters. The van der Waals surface area contributed by atoms with Crippen molar-refractivity contribution in [1.29, 1.82) is 0 Å². The topological polar surface area (TPSA) is 52.2 Å². The average Bonchev–Trinajstić information content (AvgIpc) is 3.53. The van der Waals surface area contributed by atoms with Crippen molar-refractivity contribution in [2.45, 2.75) is 19.5 Å². The predicted octanol–water partition coefficient (Wildman–Crippen LogP) is 5.67. The van der Waals surface area contributed by atoms with Crippen LogP contribution < -0.4 is 0 Å². The van der Waals surface area contributed by atoms with Crippen LogP contribution in [0.5, 0.6) is 0 Å². The number of rotatable bonds is 4. The monoisotopic (exact) mass is 484 g/mol. The SMILES string of the molecule is Cc1ccc(C(=O)Cc2cc(-n3ccnc3)cc(C(F)(F)F)c2)cc1C#Cc1cnc2ccccn12. The number of benzene rings is 2. The molecule has 178 valence electrons. The van der Waals surface area contributed by atoms with Gasteiger partial charge in [-0.1, -0.05) is 24.1 Å². The highest BCUT2D eigenvalue weighted by atomic mass is 19.4. The molecule has 0 spiro atoms. The lowest BCUT2D eigenvalue weighted by atomic mass is 9.97. The first-order valence-electron chi connectivity index (χ1n) is 11.1. The molecule has 0 saturated heterocycles. The van der Waals surface area contributed by atoms with Crippen molar-refractivity contribution in [1.82, 2.24) is 18.9 Å². The third-order valence-electron chi connectivity index (χ3n) is 5.77. The summed E-state index contributed by atoms with van der Waals surface area (Å²) in [7, 11) is 0. The highest BCUT2D eigenvalue weighted by Crippen LogP contribution is 2.32. The molecule has 0 amide bonds. The van der Waals surface area contributed by atoms with E-state index in [2.05, 4.69) is 21.8 Å². The van der Waals surface area contributed by atoms with Crippen LogP contribution in [0.15, 0.2) is 85.7 Å². The van der Waals surface area contributed by atoms with Crippen LogP contribution in [0.25, 0.3) is 11.3 Å². The van der Waals surface area contributed by atoms with Gasteiger partial charge < -0.3 is 4.57 Å². The van der Waals surface area contributed by atoms with E-state index >= 15 is 0 Å². The second-order valence-corrected chi connectivity index (χ2v) is 8.31. The summed E-state index contributed by atoms with van der Waals surface area (Å²) in [6.07, 6.45) is 3.26. The van der Waals surface area contributed by atoms with E-state index in [1.807, 2.05) is 35.7 Å². The number of hydrogen-bond donors (Lipinski definition) is 0. The van der Waals surface area contributed by atoms with Crippen LogP contribution in [-0.4, -0.2) is 24.7 Å². The number of carbonyl (C=O) groups excluding carboxylic acids is 1. The lowest BCUT2D eigenvalue weighted by molar-refractivity contribution is -0.137. The van der Waals surface area contributed by atoms with Gasteiger partial charge in [-0.3, -0.25) is 9.20 Å². The van der Waals surface area contributed by atoms with Crippen LogP contribution in [-0.2, 0) is 12.6 Å². The number of Topliss-reactive ketones (excluding diaryl/α,β-unsaturated/α-hetero) is 1. The Kier molecular flexibility index (Phi) is 5.90. The maximum atomic E-state index is 13.5. The van der Waals surface area contributed by atoms with E-state index in [4.69, 9.17) is 0 Å². The van der Waals surface area contributed by atoms with Gasteiger partial charge in [0.25, 0.3) is 0 Å². The highest BCUT2D eigenvalue weighted by molar-refractivity contribution is 5.98. The molecule has 0 aliphatic carbocycles. The van der Waals surface area contributed by atoms with Crippen molar-refractivity contribution >= 4 is 11.4 Å². The summed E-state index contributed by atoms with van der Waals surface area (Å²) < 4.78 is 43.9. The number of ketones is 1. The molecule has 0 aliphatic heterocycles. The molecule has 0 bridgehead atoms. The molecule has 0 radical (unpaired) electrons. The first-order chi connectivity index (χ1) is 17.3. The number of alkyl halides is 3. The van der Waals surface area contributed by atoms with E-state index in [1.54, 1.807) is 36.7 Å². The molecule has 0 N–H and O–H groups in total. The molecule has 2 aromatic carbocycles. The number of hydrogen-bond acceptors (Lipinski definition) is 3. The second kappa shape index (κ2) is 9.19. The van der Waals surface area contributed by atoms with Crippen LogP contribution in [0, 0.1) is 18.8 Å². The van der Waals surface area contributed by atoms with Crippen molar-refractivity contribution in [3.05, 3.63) is 119 Å². The van der Waals surface area contributed by atoms with E-state index in [0.717, 1.165) is 23.3 Å². The molecule has 3 aromatic heterocycles. The highest BCUT2D eigenvalue weighted by Gasteiger charge is 2.31. The van der Waals surface area contributed by atoms with Gasteiger partial charge in [0.05, 0.1) is 18.1 Å². The molecule has 36 heavy (non-hydrogen) atoms. The van der Waals surface area contributed by atoms with Crippen molar-refractivity contribution in [2.75, 3.05) is 0 Å². The minimum Gasteiger partial charge on any atom is -0.306 e. The maximum absolute atomic E-state index is 13.5. The average molecular weight is 484 g/mol. The fourth-order valence-electron chi connectivity index (χ4n) is 3.87. The molecule has 5 rings (SSSR count). The van der Waals surface area contributed by atoms with E-state index in [0.29, 0.717) is 16.8 Å². The Bertz CT molecular complexity index is 1640. The van der Waals surface area contributed by atoms with Gasteiger partial charge in [-0.25, -0.2) is 9.97 Å². The number of nitrogens with zero attached hydrogens (tertiary/aromatic N) is 4. The van der Waals surface area contributed by atoms with Gasteiger partial charge >= 0.3 is 6.18 Å². The first-order valence-corrected chi connectivity index (χ1v) is 11.1. The Hall–Kier alpha value is -4.64. The van der Waals surface area contributed by atoms with Gasteiger partial charge in [-0.15, -0.1) is 0 Å². The van der Waals surface area contributed by atoms with Crippen LogP contribution in [0.3, 0.4) is 0 Å². The summed E-state index contributed by atoms with van der Waals surface area (Å²) in [5.41, 5.74) is 3.14. The van der Waals surface area contributed by atoms with Gasteiger partial charge in [0.1, 0.15) is 11.3 Å². The number of aromatic nitrogens is 4. The van der Waals surface area contributed by atoms with E-state index in [1.165, 1.54) is 17.1 Å². The van der Waals surface area contributed by atoms with Crippen LogP contribution in [0.4, 0.5) is 13.2 Å². The molecular weight excluding hydrogens is 465 g/mol. The van der Waals surface area contributed by atoms with Gasteiger partial charge in [0, 0.05) is 41.8 Å². The molecular formula is C28H19F3N4O. The Morgan fingerprint density at radius 1 is 1.03 bits per heavy atom. The van der Waals surface area contributed by atoms with Gasteiger partial charge in [-0.05, 0) is 60.4 Å². The molecule has 0 unspecified atom stereocenters. The van der Waals surface area contributed by atoms with Gasteiger partial charge in [-0.2, -0.15) is 13.2 Å². The molecule has 0 aliphatic rings. The summed E-state index contributed by atoms with van der Waals surface area (Å²) >= 11 is 0. The molecule has 0 fully saturated rings. The quantitative estimate of drug-likeness (QED) is 0.244. The number of pyridine rings is 1. The largest absolute Gasteiger partial charge is 0.416 e. The van der Waals surface area contributed by atoms with Crippen LogP contribution >= 0.6 is 0 Å². The number of aryl methyl sites for hydroxylation is 1. The third kappa shape index (κ3) is 4.77. The van der Waals surface area contributed by atoms with E-state index in [9.17, 15) is 18.0 Å². The molecule has 0 saturated carbocycles. The third-order valence-corrected chi connectivity index (χ3v) is 5.77. The van der Waals surface area contributed by atoms with E-state index < -0.39 is 11.7 Å². The lowest BCUT2D eigenvalue weighted by Crippen LogP contribution is -2.10. The Morgan fingerprint density at radius 3 is 2.67 bits per heavy atom. The molecule has 3 heterocycles. The molecule has 5 nitrogen and oxygen atoms in total. The van der Waals surface area contributed by atoms with Gasteiger partial charge in [0.2, 0.25) is 0 Å². The zero-order valence-corrected chi connectivity index (χ0v) is 19.1. The molecule has 5 aromatic rings. The Labute approximate surface area is 204 Å². The van der Waals surface area contributed by atoms with Gasteiger partial charge in [0.15, 0.2) is 5.78 Å². The number of carbonyl (C=O) groups is 1. The number of halogens is 3. The Morgan fingerprint density at radius 2 is 1.89 bits per heavy atom. The predicted molar refractivity (Wildman–Crippen MR) is 129 cm³/mol. The summed E-state index contributed by atoms with van der Waals surface area (Å²) in [5.74, 6) is 5.89. The smallest absolute Gasteiger partial charge is 0.306 e. The van der Waals surface area contributed by atoms with Crippen molar-refractivity contribution in [3.63, 3.8) is 0 Å². The minimum atomic E-state index is -4.54. The summed E-state index contributed by atoms with van der Waals surface area (Å²) in [4.78, 5) is 21.3. The number of imidazole rings is 2. The summed E-state index contributed by atoms with van der Waals surface area (Å²) in [5, 5.41) is 0. The maximum Gasteiger partial charge on any atom is 0.416 e. The summed E-state index contributed by atoms with van der Waals surface area (Å²) in [6, 6.07) is 14.4. The van der Waals surface area contributed by atoms with Crippen molar-refractivity contribution in [2.24, 2.45) is 0 Å². The minimum absolute atomic E-state index is 0.186. The molecule has 8 heteroatoms. The number of fused-ring (bicyclic) bond motifs is 1. The summed E-state index contributed by atoms with van der Waals surface area (Å²) in [6.45, 7) is 1.89. The normalized spacial score (nSPS) is 11.3.